The van der Waals surface area contributed by atoms with Gasteiger partial charge in [-0.1, -0.05) is 11.6 Å². The van der Waals surface area contributed by atoms with Crippen molar-refractivity contribution in [2.24, 2.45) is 0 Å². The highest BCUT2D eigenvalue weighted by Gasteiger charge is 2.05. The minimum Gasteiger partial charge on any atom is -0.439 e. The Morgan fingerprint density at radius 2 is 1.78 bits per heavy atom. The number of hydrogen-bond donors (Lipinski definition) is 1. The zero-order chi connectivity index (χ0) is 13.1. The molecule has 0 atom stereocenters. The minimum absolute atomic E-state index is 0.496. The van der Waals surface area contributed by atoms with Gasteiger partial charge in [-0.15, -0.1) is 0 Å². The number of aromatic nitrogens is 2. The number of ether oxygens (including phenoxy) is 1. The van der Waals surface area contributed by atoms with Gasteiger partial charge in [-0.3, -0.25) is 0 Å². The van der Waals surface area contributed by atoms with Crippen molar-refractivity contribution in [2.75, 3.05) is 12.4 Å². The predicted molar refractivity (Wildman–Crippen MR) is 72.6 cm³/mol. The number of nitrogens with zero attached hydrogens (tertiary/aromatic N) is 2. The SMILES string of the molecule is CNc1cc(Oc2cc(C)c(Cl)c(C)c2)ncn1. The number of hydrogen-bond acceptors (Lipinski definition) is 4. The second-order valence-corrected chi connectivity index (χ2v) is 4.34. The smallest absolute Gasteiger partial charge is 0.224 e. The lowest BCUT2D eigenvalue weighted by atomic mass is 10.1. The number of benzene rings is 1. The number of halogens is 1. The first kappa shape index (κ1) is 12.6. The van der Waals surface area contributed by atoms with Gasteiger partial charge >= 0.3 is 0 Å². The topological polar surface area (TPSA) is 47.0 Å². The van der Waals surface area contributed by atoms with Crippen molar-refractivity contribution in [3.05, 3.63) is 40.7 Å². The van der Waals surface area contributed by atoms with E-state index in [1.54, 1.807) is 13.1 Å². The van der Waals surface area contributed by atoms with E-state index in [1.807, 2.05) is 26.0 Å². The molecule has 0 unspecified atom stereocenters. The summed E-state index contributed by atoms with van der Waals surface area (Å²) < 4.78 is 5.69. The molecule has 0 aliphatic carbocycles. The van der Waals surface area contributed by atoms with Gasteiger partial charge in [-0.05, 0) is 37.1 Å². The van der Waals surface area contributed by atoms with E-state index in [4.69, 9.17) is 16.3 Å². The molecule has 4 nitrogen and oxygen atoms in total. The second-order valence-electron chi connectivity index (χ2n) is 3.96. The van der Waals surface area contributed by atoms with Crippen molar-refractivity contribution in [3.63, 3.8) is 0 Å². The van der Waals surface area contributed by atoms with Gasteiger partial charge in [-0.2, -0.15) is 0 Å². The Morgan fingerprint density at radius 3 is 2.39 bits per heavy atom. The summed E-state index contributed by atoms with van der Waals surface area (Å²) in [5.74, 6) is 1.92. The average molecular weight is 264 g/mol. The molecular formula is C13H14ClN3O. The predicted octanol–water partition coefficient (Wildman–Crippen LogP) is 3.58. The normalized spacial score (nSPS) is 10.2. The summed E-state index contributed by atoms with van der Waals surface area (Å²) >= 11 is 6.11. The zero-order valence-corrected chi connectivity index (χ0v) is 11.2. The summed E-state index contributed by atoms with van der Waals surface area (Å²) in [6, 6.07) is 5.51. The Hall–Kier alpha value is -1.81. The molecule has 1 aromatic heterocycles. The highest BCUT2D eigenvalue weighted by Crippen LogP contribution is 2.28. The fourth-order valence-electron chi connectivity index (χ4n) is 1.62. The van der Waals surface area contributed by atoms with Crippen molar-refractivity contribution < 1.29 is 4.74 Å². The molecular weight excluding hydrogens is 250 g/mol. The van der Waals surface area contributed by atoms with E-state index >= 15 is 0 Å². The Morgan fingerprint density at radius 1 is 1.11 bits per heavy atom. The first-order valence-electron chi connectivity index (χ1n) is 5.54. The van der Waals surface area contributed by atoms with Crippen LogP contribution in [0, 0.1) is 13.8 Å². The van der Waals surface area contributed by atoms with Gasteiger partial charge in [0, 0.05) is 18.1 Å². The standard InChI is InChI=1S/C13H14ClN3O/c1-8-4-10(5-9(2)13(8)14)18-12-6-11(15-3)16-7-17-12/h4-7H,1-3H3,(H,15,16,17). The third kappa shape index (κ3) is 2.71. The number of anilines is 1. The van der Waals surface area contributed by atoms with Crippen LogP contribution in [-0.2, 0) is 0 Å². The molecule has 2 aromatic rings. The quantitative estimate of drug-likeness (QED) is 0.919. The molecule has 1 N–H and O–H groups in total. The molecule has 1 aromatic carbocycles. The molecule has 0 bridgehead atoms. The van der Waals surface area contributed by atoms with E-state index in [0.29, 0.717) is 11.7 Å². The Bertz CT molecular complexity index is 549. The van der Waals surface area contributed by atoms with Gasteiger partial charge in [0.15, 0.2) is 0 Å². The fourth-order valence-corrected chi connectivity index (χ4v) is 1.73. The van der Waals surface area contributed by atoms with E-state index < -0.39 is 0 Å². The van der Waals surface area contributed by atoms with Crippen molar-refractivity contribution >= 4 is 17.4 Å². The van der Waals surface area contributed by atoms with Gasteiger partial charge < -0.3 is 10.1 Å². The summed E-state index contributed by atoms with van der Waals surface area (Å²) in [6.45, 7) is 3.89. The maximum Gasteiger partial charge on any atom is 0.224 e. The number of aryl methyl sites for hydroxylation is 2. The van der Waals surface area contributed by atoms with Gasteiger partial charge in [0.2, 0.25) is 5.88 Å². The molecule has 0 aliphatic heterocycles. The number of rotatable bonds is 3. The molecule has 0 radical (unpaired) electrons. The Kier molecular flexibility index (Phi) is 3.67. The van der Waals surface area contributed by atoms with Crippen LogP contribution in [0.4, 0.5) is 5.82 Å². The van der Waals surface area contributed by atoms with E-state index in [0.717, 1.165) is 21.9 Å². The molecule has 5 heteroatoms. The van der Waals surface area contributed by atoms with Crippen LogP contribution in [0.3, 0.4) is 0 Å². The second kappa shape index (κ2) is 5.23. The van der Waals surface area contributed by atoms with Crippen molar-refractivity contribution in [1.82, 2.24) is 9.97 Å². The van der Waals surface area contributed by atoms with Crippen LogP contribution in [0.25, 0.3) is 0 Å². The summed E-state index contributed by atoms with van der Waals surface area (Å²) in [5, 5.41) is 3.70. The van der Waals surface area contributed by atoms with Crippen molar-refractivity contribution in [3.8, 4) is 11.6 Å². The molecule has 0 saturated heterocycles. The van der Waals surface area contributed by atoms with Crippen LogP contribution in [0.2, 0.25) is 5.02 Å². The Balaban J connectivity index is 2.28. The van der Waals surface area contributed by atoms with E-state index in [2.05, 4.69) is 15.3 Å². The molecule has 94 valence electrons. The van der Waals surface area contributed by atoms with Crippen LogP contribution >= 0.6 is 11.6 Å². The third-order valence-corrected chi connectivity index (χ3v) is 3.13. The van der Waals surface area contributed by atoms with Crippen molar-refractivity contribution in [1.29, 1.82) is 0 Å². The molecule has 0 saturated carbocycles. The minimum atomic E-state index is 0.496. The maximum absolute atomic E-state index is 6.11. The van der Waals surface area contributed by atoms with Crippen molar-refractivity contribution in [2.45, 2.75) is 13.8 Å². The van der Waals surface area contributed by atoms with Crippen LogP contribution in [0.1, 0.15) is 11.1 Å². The van der Waals surface area contributed by atoms with Crippen LogP contribution in [-0.4, -0.2) is 17.0 Å². The highest BCUT2D eigenvalue weighted by atomic mass is 35.5. The first-order chi connectivity index (χ1) is 8.60. The van der Waals surface area contributed by atoms with Crippen LogP contribution in [0.15, 0.2) is 24.5 Å². The van der Waals surface area contributed by atoms with Gasteiger partial charge in [0.25, 0.3) is 0 Å². The summed E-state index contributed by atoms with van der Waals surface area (Å²) in [6.07, 6.45) is 1.46. The lowest BCUT2D eigenvalue weighted by Crippen LogP contribution is -1.95. The lowest BCUT2D eigenvalue weighted by Gasteiger charge is -2.09. The maximum atomic E-state index is 6.11. The van der Waals surface area contributed by atoms with Crippen LogP contribution in [0.5, 0.6) is 11.6 Å². The summed E-state index contributed by atoms with van der Waals surface area (Å²) in [5.41, 5.74) is 1.96. The van der Waals surface area contributed by atoms with Gasteiger partial charge in [0.05, 0.1) is 0 Å². The van der Waals surface area contributed by atoms with E-state index in [-0.39, 0.29) is 0 Å². The largest absolute Gasteiger partial charge is 0.439 e. The molecule has 0 amide bonds. The van der Waals surface area contributed by atoms with Gasteiger partial charge in [0.1, 0.15) is 17.9 Å². The summed E-state index contributed by atoms with van der Waals surface area (Å²) in [7, 11) is 1.79. The lowest BCUT2D eigenvalue weighted by molar-refractivity contribution is 0.461. The molecule has 0 fully saturated rings. The van der Waals surface area contributed by atoms with E-state index in [9.17, 15) is 0 Å². The molecule has 0 aliphatic rings. The van der Waals surface area contributed by atoms with E-state index in [1.165, 1.54) is 6.33 Å². The average Bonchev–Trinajstić information content (AvgIpc) is 2.36. The molecule has 2 rings (SSSR count). The third-order valence-electron chi connectivity index (χ3n) is 2.53. The molecule has 1 heterocycles. The Labute approximate surface area is 111 Å². The number of nitrogens with one attached hydrogen (secondary N) is 1. The zero-order valence-electron chi connectivity index (χ0n) is 10.5. The molecule has 18 heavy (non-hydrogen) atoms. The fraction of sp³-hybridized carbons (Fsp3) is 0.231. The molecule has 0 spiro atoms. The van der Waals surface area contributed by atoms with Crippen LogP contribution < -0.4 is 10.1 Å². The first-order valence-corrected chi connectivity index (χ1v) is 5.92. The summed E-state index contributed by atoms with van der Waals surface area (Å²) in [4.78, 5) is 8.08. The monoisotopic (exact) mass is 263 g/mol. The van der Waals surface area contributed by atoms with Gasteiger partial charge in [-0.25, -0.2) is 9.97 Å². The highest BCUT2D eigenvalue weighted by molar-refractivity contribution is 6.32.